The van der Waals surface area contributed by atoms with Gasteiger partial charge in [0.1, 0.15) is 10.6 Å². The number of benzene rings is 1. The van der Waals surface area contributed by atoms with Gasteiger partial charge in [-0.2, -0.15) is 5.10 Å². The van der Waals surface area contributed by atoms with Gasteiger partial charge in [-0.15, -0.1) is 0 Å². The Balaban J connectivity index is 1.75. The largest absolute Gasteiger partial charge is 0.337 e. The molecule has 0 unspecified atom stereocenters. The Morgan fingerprint density at radius 3 is 2.76 bits per heavy atom. The number of unbranched alkanes of at least 4 members (excludes halogenated alkanes) is 1. The van der Waals surface area contributed by atoms with Gasteiger partial charge < -0.3 is 4.90 Å². The summed E-state index contributed by atoms with van der Waals surface area (Å²) >= 11 is 9.22. The molecule has 9 heteroatoms. The van der Waals surface area contributed by atoms with Crippen LogP contribution in [-0.2, 0) is 4.79 Å². The van der Waals surface area contributed by atoms with Gasteiger partial charge in [0.05, 0.1) is 22.1 Å². The van der Waals surface area contributed by atoms with Gasteiger partial charge in [0, 0.05) is 23.5 Å². The molecule has 1 saturated heterocycles. The van der Waals surface area contributed by atoms with Crippen LogP contribution in [0.15, 0.2) is 38.0 Å². The van der Waals surface area contributed by atoms with Crippen LogP contribution in [0.2, 0.25) is 5.02 Å². The molecule has 0 bridgehead atoms. The third-order valence-electron chi connectivity index (χ3n) is 4.88. The Bertz CT molecular complexity index is 1030. The number of carbonyl (C=O) groups excluding carboxylic acids is 1. The van der Waals surface area contributed by atoms with Crippen molar-refractivity contribution in [2.75, 3.05) is 18.5 Å². The van der Waals surface area contributed by atoms with Crippen molar-refractivity contribution in [2.45, 2.75) is 38.5 Å². The third-order valence-corrected chi connectivity index (χ3v) is 7.55. The highest BCUT2D eigenvalue weighted by atomic mass is 35.5. The fourth-order valence-electron chi connectivity index (χ4n) is 3.26. The maximum atomic E-state index is 13.3. The summed E-state index contributed by atoms with van der Waals surface area (Å²) in [6.07, 6.45) is 1.94. The lowest BCUT2D eigenvalue weighted by Crippen LogP contribution is -2.30. The number of amides is 1. The fourth-order valence-corrected chi connectivity index (χ4v) is 5.76. The monoisotopic (exact) mass is 447 g/mol. The number of nitrogens with one attached hydrogen (secondary N) is 1. The van der Waals surface area contributed by atoms with E-state index in [2.05, 4.69) is 17.1 Å². The van der Waals surface area contributed by atoms with Crippen molar-refractivity contribution in [3.8, 4) is 0 Å². The Kier molecular flexibility index (Phi) is 5.68. The topological polar surface area (TPSA) is 64.6 Å². The lowest BCUT2D eigenvalue weighted by Gasteiger charge is -2.16. The average molecular weight is 448 g/mol. The van der Waals surface area contributed by atoms with Crippen LogP contribution in [0, 0.1) is 13.8 Å². The molecule has 0 saturated carbocycles. The molecule has 29 heavy (non-hydrogen) atoms. The first-order valence-electron chi connectivity index (χ1n) is 9.46. The van der Waals surface area contributed by atoms with Crippen LogP contribution < -0.4 is 4.90 Å². The Hall–Kier alpha value is -1.90. The van der Waals surface area contributed by atoms with Gasteiger partial charge in [0.2, 0.25) is 0 Å². The van der Waals surface area contributed by atoms with Crippen molar-refractivity contribution in [3.05, 3.63) is 44.5 Å². The summed E-state index contributed by atoms with van der Waals surface area (Å²) < 4.78 is 0. The Morgan fingerprint density at radius 2 is 2.07 bits per heavy atom. The molecule has 0 spiro atoms. The number of nitrogens with zero attached hydrogens (tertiary/aromatic N) is 4. The van der Waals surface area contributed by atoms with E-state index < -0.39 is 0 Å². The molecule has 2 aliphatic rings. The predicted molar refractivity (Wildman–Crippen MR) is 122 cm³/mol. The van der Waals surface area contributed by atoms with Crippen molar-refractivity contribution >= 4 is 57.6 Å². The molecule has 1 aromatic heterocycles. The molecule has 0 aliphatic carbocycles. The van der Waals surface area contributed by atoms with Gasteiger partial charge in [-0.05, 0) is 50.2 Å². The van der Waals surface area contributed by atoms with Crippen LogP contribution in [0.1, 0.15) is 31.2 Å². The zero-order chi connectivity index (χ0) is 20.7. The summed E-state index contributed by atoms with van der Waals surface area (Å²) in [5.41, 5.74) is 3.55. The minimum atomic E-state index is 0.00857. The number of anilines is 1. The Labute approximate surface area is 183 Å². The highest BCUT2D eigenvalue weighted by Gasteiger charge is 2.39. The van der Waals surface area contributed by atoms with Gasteiger partial charge in [0.25, 0.3) is 5.91 Å². The number of amidine groups is 1. The molecule has 2 aromatic rings. The van der Waals surface area contributed by atoms with Gasteiger partial charge in [0.15, 0.2) is 5.17 Å². The van der Waals surface area contributed by atoms with E-state index in [0.717, 1.165) is 45.5 Å². The molecular formula is C20H22ClN5OS2. The second-order valence-electron chi connectivity index (χ2n) is 7.00. The minimum Gasteiger partial charge on any atom is -0.337 e. The molecule has 1 aromatic carbocycles. The summed E-state index contributed by atoms with van der Waals surface area (Å²) in [6, 6.07) is 5.81. The number of aliphatic imine (C=N–C) groups is 1. The van der Waals surface area contributed by atoms with Gasteiger partial charge >= 0.3 is 0 Å². The quantitative estimate of drug-likeness (QED) is 0.631. The number of aryl methyl sites for hydroxylation is 2. The van der Waals surface area contributed by atoms with E-state index >= 15 is 0 Å². The zero-order valence-electron chi connectivity index (χ0n) is 16.7. The van der Waals surface area contributed by atoms with Crippen molar-refractivity contribution < 1.29 is 4.79 Å². The maximum Gasteiger partial charge on any atom is 0.269 e. The van der Waals surface area contributed by atoms with E-state index in [-0.39, 0.29) is 5.91 Å². The second-order valence-corrected chi connectivity index (χ2v) is 9.44. The molecule has 1 amide bonds. The van der Waals surface area contributed by atoms with E-state index in [1.165, 1.54) is 11.8 Å². The van der Waals surface area contributed by atoms with E-state index in [1.807, 2.05) is 44.0 Å². The second kappa shape index (κ2) is 8.08. The van der Waals surface area contributed by atoms with E-state index in [4.69, 9.17) is 16.6 Å². The number of halogens is 1. The summed E-state index contributed by atoms with van der Waals surface area (Å²) in [6.45, 7) is 6.63. The molecular weight excluding hydrogens is 426 g/mol. The first-order chi connectivity index (χ1) is 13.9. The number of carbonyl (C=O) groups is 1. The van der Waals surface area contributed by atoms with E-state index in [0.29, 0.717) is 21.6 Å². The molecule has 4 rings (SSSR count). The van der Waals surface area contributed by atoms with Crippen LogP contribution in [0.5, 0.6) is 0 Å². The van der Waals surface area contributed by atoms with Crippen LogP contribution in [0.25, 0.3) is 0 Å². The van der Waals surface area contributed by atoms with Gasteiger partial charge in [-0.3, -0.25) is 14.8 Å². The molecule has 0 radical (unpaired) electrons. The third kappa shape index (κ3) is 3.69. The molecule has 152 valence electrons. The van der Waals surface area contributed by atoms with Crippen molar-refractivity contribution in [3.63, 3.8) is 0 Å². The van der Waals surface area contributed by atoms with Crippen molar-refractivity contribution in [1.82, 2.24) is 15.1 Å². The smallest absolute Gasteiger partial charge is 0.269 e. The maximum absolute atomic E-state index is 13.3. The van der Waals surface area contributed by atoms with Crippen LogP contribution in [-0.4, -0.2) is 39.8 Å². The average Bonchev–Trinajstić information content (AvgIpc) is 3.30. The number of aromatic amines is 1. The molecule has 0 atom stereocenters. The SMILES string of the molecule is CCCCN1C(=O)/C(=C2/Sc3ccc(Cl)cc3N2C)SC1=Nc1c(C)n[nH]c1C. The Morgan fingerprint density at radius 1 is 1.28 bits per heavy atom. The number of thioether (sulfide) groups is 2. The molecule has 3 heterocycles. The van der Waals surface area contributed by atoms with Crippen molar-refractivity contribution in [1.29, 1.82) is 0 Å². The van der Waals surface area contributed by atoms with Crippen LogP contribution in [0.3, 0.4) is 0 Å². The molecule has 1 N–H and O–H groups in total. The lowest BCUT2D eigenvalue weighted by molar-refractivity contribution is -0.122. The number of hydrogen-bond acceptors (Lipinski definition) is 6. The highest BCUT2D eigenvalue weighted by molar-refractivity contribution is 8.19. The minimum absolute atomic E-state index is 0.00857. The van der Waals surface area contributed by atoms with Crippen LogP contribution in [0.4, 0.5) is 11.4 Å². The summed E-state index contributed by atoms with van der Waals surface area (Å²) in [5, 5.41) is 9.51. The van der Waals surface area contributed by atoms with Gasteiger partial charge in [-0.25, -0.2) is 4.99 Å². The molecule has 6 nitrogen and oxygen atoms in total. The molecule has 2 aliphatic heterocycles. The summed E-state index contributed by atoms with van der Waals surface area (Å²) in [5.74, 6) is 0.00857. The predicted octanol–water partition coefficient (Wildman–Crippen LogP) is 5.45. The number of aromatic nitrogens is 2. The standard InChI is InChI=1S/C20H22ClN5OS2/c1-5-6-9-26-18(27)17(29-20(26)22-16-11(2)23-24-12(16)3)19-25(4)14-10-13(21)7-8-15(14)28-19/h7-8,10H,5-6,9H2,1-4H3,(H,23,24)/b19-17-,22-20?. The first kappa shape index (κ1) is 20.4. The van der Waals surface area contributed by atoms with E-state index in [9.17, 15) is 4.79 Å². The van der Waals surface area contributed by atoms with Crippen molar-refractivity contribution in [2.24, 2.45) is 4.99 Å². The van der Waals surface area contributed by atoms with Crippen LogP contribution >= 0.6 is 35.1 Å². The summed E-state index contributed by atoms with van der Waals surface area (Å²) in [7, 11) is 1.97. The summed E-state index contributed by atoms with van der Waals surface area (Å²) in [4.78, 5) is 23.8. The zero-order valence-corrected chi connectivity index (χ0v) is 19.1. The van der Waals surface area contributed by atoms with Gasteiger partial charge in [-0.1, -0.05) is 36.7 Å². The number of rotatable bonds is 4. The normalized spacial score (nSPS) is 20.3. The highest BCUT2D eigenvalue weighted by Crippen LogP contribution is 2.50. The first-order valence-corrected chi connectivity index (χ1v) is 11.5. The number of fused-ring (bicyclic) bond motifs is 1. The van der Waals surface area contributed by atoms with E-state index in [1.54, 1.807) is 16.7 Å². The fraction of sp³-hybridized carbons (Fsp3) is 0.350. The molecule has 1 fully saturated rings. The number of H-pyrrole nitrogens is 1. The number of hydrogen-bond donors (Lipinski definition) is 1. The lowest BCUT2D eigenvalue weighted by atomic mass is 10.3.